The summed E-state index contributed by atoms with van der Waals surface area (Å²) in [6.45, 7) is 3.17. The minimum Gasteiger partial charge on any atom is -0.382 e. The number of ketones is 1. The summed E-state index contributed by atoms with van der Waals surface area (Å²) in [5.74, 6) is 0.206. The molecular formula is C12H18O3S. The third-order valence-corrected chi connectivity index (χ3v) is 3.06. The Morgan fingerprint density at radius 3 is 3.00 bits per heavy atom. The molecule has 1 aromatic heterocycles. The van der Waals surface area contributed by atoms with E-state index in [-0.39, 0.29) is 11.9 Å². The van der Waals surface area contributed by atoms with E-state index in [1.807, 2.05) is 24.4 Å². The molecule has 0 spiro atoms. The van der Waals surface area contributed by atoms with Gasteiger partial charge in [-0.15, -0.1) is 11.3 Å². The zero-order valence-corrected chi connectivity index (χ0v) is 10.6. The monoisotopic (exact) mass is 242 g/mol. The normalized spacial score (nSPS) is 12.6. The summed E-state index contributed by atoms with van der Waals surface area (Å²) in [4.78, 5) is 12.4. The molecule has 0 bridgehead atoms. The van der Waals surface area contributed by atoms with Gasteiger partial charge in [-0.25, -0.2) is 0 Å². The first kappa shape index (κ1) is 13.4. The predicted octanol–water partition coefficient (Wildman–Crippen LogP) is 2.76. The van der Waals surface area contributed by atoms with Gasteiger partial charge in [0.25, 0.3) is 0 Å². The average molecular weight is 242 g/mol. The lowest BCUT2D eigenvalue weighted by molar-refractivity contribution is 0.00795. The SMILES string of the molecule is COCC(C)OCCCC(=O)c1cccs1. The van der Waals surface area contributed by atoms with Gasteiger partial charge in [-0.05, 0) is 24.8 Å². The highest BCUT2D eigenvalue weighted by atomic mass is 32.1. The lowest BCUT2D eigenvalue weighted by atomic mass is 10.2. The number of hydrogen-bond acceptors (Lipinski definition) is 4. The van der Waals surface area contributed by atoms with Crippen molar-refractivity contribution in [2.24, 2.45) is 0 Å². The standard InChI is InChI=1S/C12H18O3S/c1-10(9-14-2)15-7-3-5-11(13)12-6-4-8-16-12/h4,6,8,10H,3,5,7,9H2,1-2H3. The van der Waals surface area contributed by atoms with Gasteiger partial charge >= 0.3 is 0 Å². The van der Waals surface area contributed by atoms with Crippen LogP contribution in [0.5, 0.6) is 0 Å². The van der Waals surface area contributed by atoms with E-state index in [9.17, 15) is 4.79 Å². The maximum absolute atomic E-state index is 11.6. The Labute approximate surface area is 100 Å². The molecule has 16 heavy (non-hydrogen) atoms. The van der Waals surface area contributed by atoms with Crippen LogP contribution in [-0.2, 0) is 9.47 Å². The molecule has 1 aromatic rings. The number of carbonyl (C=O) groups excluding carboxylic acids is 1. The summed E-state index contributed by atoms with van der Waals surface area (Å²) in [6, 6.07) is 3.76. The van der Waals surface area contributed by atoms with Crippen molar-refractivity contribution in [2.75, 3.05) is 20.3 Å². The fourth-order valence-electron chi connectivity index (χ4n) is 1.36. The van der Waals surface area contributed by atoms with E-state index in [1.54, 1.807) is 7.11 Å². The second kappa shape index (κ2) is 7.54. The predicted molar refractivity (Wildman–Crippen MR) is 65.2 cm³/mol. The van der Waals surface area contributed by atoms with E-state index in [2.05, 4.69) is 0 Å². The van der Waals surface area contributed by atoms with Gasteiger partial charge in [-0.1, -0.05) is 6.07 Å². The summed E-state index contributed by atoms with van der Waals surface area (Å²) < 4.78 is 10.4. The van der Waals surface area contributed by atoms with Gasteiger partial charge in [0.1, 0.15) is 0 Å². The summed E-state index contributed by atoms with van der Waals surface area (Å²) >= 11 is 1.49. The Hall–Kier alpha value is -0.710. The zero-order valence-electron chi connectivity index (χ0n) is 9.77. The molecule has 0 aliphatic carbocycles. The molecule has 0 saturated heterocycles. The van der Waals surface area contributed by atoms with Crippen LogP contribution < -0.4 is 0 Å². The molecule has 0 saturated carbocycles. The smallest absolute Gasteiger partial charge is 0.172 e. The molecule has 0 amide bonds. The van der Waals surface area contributed by atoms with Gasteiger partial charge in [0, 0.05) is 20.1 Å². The molecule has 1 unspecified atom stereocenters. The Kier molecular flexibility index (Phi) is 6.30. The third-order valence-electron chi connectivity index (χ3n) is 2.15. The van der Waals surface area contributed by atoms with E-state index < -0.39 is 0 Å². The largest absolute Gasteiger partial charge is 0.382 e. The van der Waals surface area contributed by atoms with Crippen LogP contribution in [0, 0.1) is 0 Å². The second-order valence-corrected chi connectivity index (χ2v) is 4.59. The van der Waals surface area contributed by atoms with Crippen LogP contribution in [0.4, 0.5) is 0 Å². The molecule has 3 nitrogen and oxygen atoms in total. The molecule has 1 atom stereocenters. The van der Waals surface area contributed by atoms with E-state index in [0.717, 1.165) is 11.3 Å². The third kappa shape index (κ3) is 4.88. The number of Topliss-reactive ketones (excluding diaryl/α,β-unsaturated/α-hetero) is 1. The lowest BCUT2D eigenvalue weighted by Crippen LogP contribution is -2.15. The highest BCUT2D eigenvalue weighted by Gasteiger charge is 2.07. The van der Waals surface area contributed by atoms with E-state index >= 15 is 0 Å². The first-order valence-corrected chi connectivity index (χ1v) is 6.29. The number of thiophene rings is 1. The van der Waals surface area contributed by atoms with Crippen molar-refractivity contribution >= 4 is 17.1 Å². The van der Waals surface area contributed by atoms with Crippen LogP contribution >= 0.6 is 11.3 Å². The van der Waals surface area contributed by atoms with Crippen molar-refractivity contribution < 1.29 is 14.3 Å². The molecule has 1 rings (SSSR count). The van der Waals surface area contributed by atoms with Gasteiger partial charge in [-0.3, -0.25) is 4.79 Å². The van der Waals surface area contributed by atoms with Crippen molar-refractivity contribution in [3.05, 3.63) is 22.4 Å². The zero-order chi connectivity index (χ0) is 11.8. The van der Waals surface area contributed by atoms with Crippen LogP contribution in [0.3, 0.4) is 0 Å². The maximum atomic E-state index is 11.6. The summed E-state index contributed by atoms with van der Waals surface area (Å²) in [7, 11) is 1.65. The molecule has 0 N–H and O–H groups in total. The molecule has 0 fully saturated rings. The average Bonchev–Trinajstić information content (AvgIpc) is 2.78. The topological polar surface area (TPSA) is 35.5 Å². The fraction of sp³-hybridized carbons (Fsp3) is 0.583. The first-order valence-electron chi connectivity index (χ1n) is 5.41. The Morgan fingerprint density at radius 1 is 1.56 bits per heavy atom. The first-order chi connectivity index (χ1) is 7.74. The van der Waals surface area contributed by atoms with E-state index in [1.165, 1.54) is 11.3 Å². The van der Waals surface area contributed by atoms with Crippen LogP contribution in [0.25, 0.3) is 0 Å². The number of methoxy groups -OCH3 is 1. The molecule has 90 valence electrons. The van der Waals surface area contributed by atoms with E-state index in [4.69, 9.17) is 9.47 Å². The highest BCUT2D eigenvalue weighted by molar-refractivity contribution is 7.12. The fourth-order valence-corrected chi connectivity index (χ4v) is 2.05. The summed E-state index contributed by atoms with van der Waals surface area (Å²) in [6.07, 6.45) is 1.42. The van der Waals surface area contributed by atoms with Crippen molar-refractivity contribution in [1.82, 2.24) is 0 Å². The van der Waals surface area contributed by atoms with Crippen molar-refractivity contribution in [3.63, 3.8) is 0 Å². The number of hydrogen-bond donors (Lipinski definition) is 0. The molecule has 0 aliphatic rings. The second-order valence-electron chi connectivity index (χ2n) is 3.64. The van der Waals surface area contributed by atoms with Gasteiger partial charge in [0.2, 0.25) is 0 Å². The molecule has 1 heterocycles. The Balaban J connectivity index is 2.09. The number of ether oxygens (including phenoxy) is 2. The van der Waals surface area contributed by atoms with Crippen molar-refractivity contribution in [3.8, 4) is 0 Å². The van der Waals surface area contributed by atoms with Gasteiger partial charge in [0.15, 0.2) is 5.78 Å². The van der Waals surface area contributed by atoms with Gasteiger partial charge in [0.05, 0.1) is 17.6 Å². The maximum Gasteiger partial charge on any atom is 0.172 e. The van der Waals surface area contributed by atoms with Crippen LogP contribution in [0.2, 0.25) is 0 Å². The minimum atomic E-state index is 0.0989. The summed E-state index contributed by atoms with van der Waals surface area (Å²) in [5.41, 5.74) is 0. The van der Waals surface area contributed by atoms with Gasteiger partial charge in [-0.2, -0.15) is 0 Å². The van der Waals surface area contributed by atoms with Gasteiger partial charge < -0.3 is 9.47 Å². The van der Waals surface area contributed by atoms with E-state index in [0.29, 0.717) is 19.6 Å². The van der Waals surface area contributed by atoms with Crippen molar-refractivity contribution in [2.45, 2.75) is 25.9 Å². The highest BCUT2D eigenvalue weighted by Crippen LogP contribution is 2.12. The number of carbonyl (C=O) groups is 1. The minimum absolute atomic E-state index is 0.0989. The van der Waals surface area contributed by atoms with Crippen LogP contribution in [0.15, 0.2) is 17.5 Å². The van der Waals surface area contributed by atoms with Crippen LogP contribution in [0.1, 0.15) is 29.4 Å². The molecule has 4 heteroatoms. The molecule has 0 aromatic carbocycles. The van der Waals surface area contributed by atoms with Crippen molar-refractivity contribution in [1.29, 1.82) is 0 Å². The lowest BCUT2D eigenvalue weighted by Gasteiger charge is -2.11. The summed E-state index contributed by atoms with van der Waals surface area (Å²) in [5, 5.41) is 1.92. The Morgan fingerprint density at radius 2 is 2.38 bits per heavy atom. The molecule has 0 aliphatic heterocycles. The number of rotatable bonds is 8. The quantitative estimate of drug-likeness (QED) is 0.519. The van der Waals surface area contributed by atoms with Crippen LogP contribution in [-0.4, -0.2) is 32.2 Å². The Bertz CT molecular complexity index is 295. The molecular weight excluding hydrogens is 224 g/mol. The molecule has 0 radical (unpaired) electrons.